The predicted octanol–water partition coefficient (Wildman–Crippen LogP) is 6.90. The highest BCUT2D eigenvalue weighted by atomic mass is 16.1. The summed E-state index contributed by atoms with van der Waals surface area (Å²) in [7, 11) is 0. The predicted molar refractivity (Wildman–Crippen MR) is 137 cm³/mol. The van der Waals surface area contributed by atoms with E-state index in [1.165, 1.54) is 25.7 Å². The van der Waals surface area contributed by atoms with Crippen molar-refractivity contribution < 1.29 is 4.79 Å². The SMILES string of the molecule is Cc1c(C(=O)NC(CC2CCCC2)c2ccccc2)c(-c2ccccc2)nn1-c1ccccc1. The van der Waals surface area contributed by atoms with Gasteiger partial charge in [0.25, 0.3) is 5.91 Å². The molecule has 0 spiro atoms. The topological polar surface area (TPSA) is 46.9 Å². The molecular formula is C30H31N3O. The number of nitrogens with zero attached hydrogens (tertiary/aromatic N) is 2. The number of aromatic nitrogens is 2. The summed E-state index contributed by atoms with van der Waals surface area (Å²) >= 11 is 0. The summed E-state index contributed by atoms with van der Waals surface area (Å²) in [6, 6.07) is 30.4. The molecule has 172 valence electrons. The summed E-state index contributed by atoms with van der Waals surface area (Å²) < 4.78 is 1.88. The van der Waals surface area contributed by atoms with Crippen LogP contribution in [0, 0.1) is 12.8 Å². The fraction of sp³-hybridized carbons (Fsp3) is 0.267. The third-order valence-electron chi connectivity index (χ3n) is 6.94. The van der Waals surface area contributed by atoms with Crippen molar-refractivity contribution in [2.45, 2.75) is 45.1 Å². The summed E-state index contributed by atoms with van der Waals surface area (Å²) in [5.74, 6) is 0.595. The molecule has 0 radical (unpaired) electrons. The smallest absolute Gasteiger partial charge is 0.255 e. The van der Waals surface area contributed by atoms with Crippen LogP contribution in [-0.2, 0) is 0 Å². The molecule has 1 heterocycles. The standard InChI is InChI=1S/C30H31N3O/c1-22-28(29(25-17-7-3-8-18-25)32-33(22)26-19-9-4-10-20-26)30(34)31-27(21-23-13-11-12-14-23)24-15-5-2-6-16-24/h2-10,15-20,23,27H,11-14,21H2,1H3,(H,31,34). The number of amides is 1. The molecule has 0 aliphatic heterocycles. The van der Waals surface area contributed by atoms with E-state index < -0.39 is 0 Å². The van der Waals surface area contributed by atoms with Gasteiger partial charge in [0.05, 0.1) is 23.0 Å². The van der Waals surface area contributed by atoms with Crippen molar-refractivity contribution in [1.82, 2.24) is 15.1 Å². The van der Waals surface area contributed by atoms with Gasteiger partial charge in [0.15, 0.2) is 0 Å². The van der Waals surface area contributed by atoms with Gasteiger partial charge in [0, 0.05) is 5.56 Å². The van der Waals surface area contributed by atoms with Gasteiger partial charge >= 0.3 is 0 Å². The highest BCUT2D eigenvalue weighted by Crippen LogP contribution is 2.34. The Kier molecular flexibility index (Phi) is 6.57. The first-order valence-electron chi connectivity index (χ1n) is 12.3. The van der Waals surface area contributed by atoms with Crippen molar-refractivity contribution in [2.75, 3.05) is 0 Å². The van der Waals surface area contributed by atoms with E-state index >= 15 is 0 Å². The number of hydrogen-bond acceptors (Lipinski definition) is 2. The first-order valence-corrected chi connectivity index (χ1v) is 12.3. The van der Waals surface area contributed by atoms with E-state index in [9.17, 15) is 4.79 Å². The highest BCUT2D eigenvalue weighted by molar-refractivity contribution is 6.01. The van der Waals surface area contributed by atoms with E-state index in [1.54, 1.807) is 0 Å². The molecule has 0 bridgehead atoms. The molecule has 0 saturated heterocycles. The maximum atomic E-state index is 13.9. The van der Waals surface area contributed by atoms with Crippen LogP contribution in [0.15, 0.2) is 91.0 Å². The Morgan fingerprint density at radius 2 is 1.50 bits per heavy atom. The number of rotatable bonds is 7. The zero-order valence-corrected chi connectivity index (χ0v) is 19.7. The number of hydrogen-bond donors (Lipinski definition) is 1. The van der Waals surface area contributed by atoms with Crippen LogP contribution in [-0.4, -0.2) is 15.7 Å². The van der Waals surface area contributed by atoms with Crippen LogP contribution < -0.4 is 5.32 Å². The van der Waals surface area contributed by atoms with Crippen molar-refractivity contribution in [3.63, 3.8) is 0 Å². The normalized spacial score (nSPS) is 14.7. The molecule has 3 aromatic carbocycles. The zero-order chi connectivity index (χ0) is 23.3. The maximum Gasteiger partial charge on any atom is 0.255 e. The average molecular weight is 450 g/mol. The van der Waals surface area contributed by atoms with E-state index in [2.05, 4.69) is 29.6 Å². The molecule has 1 aromatic heterocycles. The lowest BCUT2D eigenvalue weighted by molar-refractivity contribution is 0.0931. The van der Waals surface area contributed by atoms with Crippen molar-refractivity contribution >= 4 is 5.91 Å². The molecule has 1 aliphatic rings. The van der Waals surface area contributed by atoms with Gasteiger partial charge < -0.3 is 5.32 Å². The van der Waals surface area contributed by atoms with Gasteiger partial charge in [0.2, 0.25) is 0 Å². The maximum absolute atomic E-state index is 13.9. The Labute approximate surface area is 201 Å². The lowest BCUT2D eigenvalue weighted by atomic mass is 9.93. The molecule has 1 atom stereocenters. The van der Waals surface area contributed by atoms with Gasteiger partial charge in [-0.25, -0.2) is 4.68 Å². The van der Waals surface area contributed by atoms with Crippen molar-refractivity contribution in [3.8, 4) is 16.9 Å². The minimum absolute atomic E-state index is 0.0140. The lowest BCUT2D eigenvalue weighted by Gasteiger charge is -2.23. The number of nitrogens with one attached hydrogen (secondary N) is 1. The summed E-state index contributed by atoms with van der Waals surface area (Å²) in [5.41, 5.74) is 5.25. The Hall–Kier alpha value is -3.66. The van der Waals surface area contributed by atoms with Crippen LogP contribution in [0.1, 0.15) is 59.8 Å². The lowest BCUT2D eigenvalue weighted by Crippen LogP contribution is -2.30. The number of carbonyl (C=O) groups is 1. The Balaban J connectivity index is 1.53. The second-order valence-corrected chi connectivity index (χ2v) is 9.25. The van der Waals surface area contributed by atoms with Crippen LogP contribution >= 0.6 is 0 Å². The van der Waals surface area contributed by atoms with E-state index in [4.69, 9.17) is 5.10 Å². The molecule has 5 rings (SSSR count). The third kappa shape index (κ3) is 4.67. The molecule has 1 amide bonds. The van der Waals surface area contributed by atoms with Gasteiger partial charge in [0.1, 0.15) is 5.69 Å². The van der Waals surface area contributed by atoms with Crippen molar-refractivity contribution in [1.29, 1.82) is 0 Å². The quantitative estimate of drug-likeness (QED) is 0.334. The summed E-state index contributed by atoms with van der Waals surface area (Å²) in [4.78, 5) is 13.9. The molecule has 1 aliphatic carbocycles. The third-order valence-corrected chi connectivity index (χ3v) is 6.94. The average Bonchev–Trinajstić information content (AvgIpc) is 3.53. The first-order chi connectivity index (χ1) is 16.7. The van der Waals surface area contributed by atoms with E-state index in [-0.39, 0.29) is 11.9 Å². The van der Waals surface area contributed by atoms with Gasteiger partial charge in [-0.15, -0.1) is 0 Å². The molecule has 1 unspecified atom stereocenters. The van der Waals surface area contributed by atoms with Crippen molar-refractivity contribution in [2.24, 2.45) is 5.92 Å². The number of carbonyl (C=O) groups excluding carboxylic acids is 1. The summed E-state index contributed by atoms with van der Waals surface area (Å²) in [6.45, 7) is 1.98. The van der Waals surface area contributed by atoms with E-state index in [0.29, 0.717) is 17.2 Å². The van der Waals surface area contributed by atoms with Gasteiger partial charge in [-0.05, 0) is 37.0 Å². The largest absolute Gasteiger partial charge is 0.345 e. The fourth-order valence-electron chi connectivity index (χ4n) is 5.17. The first kappa shape index (κ1) is 22.1. The van der Waals surface area contributed by atoms with E-state index in [0.717, 1.165) is 28.9 Å². The van der Waals surface area contributed by atoms with Crippen molar-refractivity contribution in [3.05, 3.63) is 108 Å². The monoisotopic (exact) mass is 449 g/mol. The van der Waals surface area contributed by atoms with Crippen LogP contribution in [0.5, 0.6) is 0 Å². The molecule has 4 heteroatoms. The van der Waals surface area contributed by atoms with Gasteiger partial charge in [-0.3, -0.25) is 4.79 Å². The van der Waals surface area contributed by atoms with Gasteiger partial charge in [-0.1, -0.05) is 105 Å². The molecule has 4 aromatic rings. The Morgan fingerprint density at radius 3 is 2.15 bits per heavy atom. The fourth-order valence-corrected chi connectivity index (χ4v) is 5.17. The highest BCUT2D eigenvalue weighted by Gasteiger charge is 2.27. The minimum Gasteiger partial charge on any atom is -0.345 e. The molecule has 34 heavy (non-hydrogen) atoms. The number of benzene rings is 3. The molecule has 1 N–H and O–H groups in total. The van der Waals surface area contributed by atoms with E-state index in [1.807, 2.05) is 78.3 Å². The molecule has 1 fully saturated rings. The zero-order valence-electron chi connectivity index (χ0n) is 19.7. The summed E-state index contributed by atoms with van der Waals surface area (Å²) in [6.07, 6.45) is 6.06. The van der Waals surface area contributed by atoms with Crippen LogP contribution in [0.4, 0.5) is 0 Å². The second-order valence-electron chi connectivity index (χ2n) is 9.25. The molecule has 4 nitrogen and oxygen atoms in total. The Bertz CT molecular complexity index is 1230. The van der Waals surface area contributed by atoms with Crippen LogP contribution in [0.2, 0.25) is 0 Å². The Morgan fingerprint density at radius 1 is 0.912 bits per heavy atom. The second kappa shape index (κ2) is 10.1. The van der Waals surface area contributed by atoms with Crippen LogP contribution in [0.25, 0.3) is 16.9 Å². The van der Waals surface area contributed by atoms with Crippen LogP contribution in [0.3, 0.4) is 0 Å². The van der Waals surface area contributed by atoms with Gasteiger partial charge in [-0.2, -0.15) is 5.10 Å². The summed E-state index contributed by atoms with van der Waals surface area (Å²) in [5, 5.41) is 8.31. The molecular weight excluding hydrogens is 418 g/mol. The number of para-hydroxylation sites is 1. The molecule has 1 saturated carbocycles. The minimum atomic E-state index is -0.0645.